The summed E-state index contributed by atoms with van der Waals surface area (Å²) < 4.78 is 7.62. The maximum absolute atomic E-state index is 11.9. The van der Waals surface area contributed by atoms with Crippen LogP contribution in [-0.2, 0) is 6.54 Å². The molecule has 25 heavy (non-hydrogen) atoms. The molecule has 0 aliphatic rings. The molecule has 2 amide bonds. The van der Waals surface area contributed by atoms with E-state index < -0.39 is 0 Å². The first-order chi connectivity index (χ1) is 12.3. The predicted molar refractivity (Wildman–Crippen MR) is 94.6 cm³/mol. The van der Waals surface area contributed by atoms with Gasteiger partial charge < -0.3 is 19.9 Å². The second-order valence-electron chi connectivity index (χ2n) is 5.33. The van der Waals surface area contributed by atoms with Gasteiger partial charge in [0, 0.05) is 43.4 Å². The van der Waals surface area contributed by atoms with Gasteiger partial charge in [-0.15, -0.1) is 0 Å². The average molecular weight is 337 g/mol. The standard InChI is InChI=1S/C18H19N5O2/c24-18(21-8-4-11-23-12-10-19-14-23)22-15-7-9-20-17(13-15)25-16-5-2-1-3-6-16/h1-3,5-7,9-10,12-14H,4,8,11H2,(H2,20,21,22,24). The van der Waals surface area contributed by atoms with Crippen molar-refractivity contribution in [2.24, 2.45) is 0 Å². The van der Waals surface area contributed by atoms with Crippen molar-refractivity contribution in [3.8, 4) is 11.6 Å². The number of anilines is 1. The summed E-state index contributed by atoms with van der Waals surface area (Å²) in [4.78, 5) is 20.1. The average Bonchev–Trinajstić information content (AvgIpc) is 3.13. The number of urea groups is 1. The lowest BCUT2D eigenvalue weighted by Crippen LogP contribution is -2.30. The van der Waals surface area contributed by atoms with Crippen LogP contribution in [0.1, 0.15) is 6.42 Å². The highest BCUT2D eigenvalue weighted by atomic mass is 16.5. The van der Waals surface area contributed by atoms with Gasteiger partial charge in [-0.2, -0.15) is 0 Å². The molecule has 128 valence electrons. The molecular formula is C18H19N5O2. The lowest BCUT2D eigenvalue weighted by molar-refractivity contribution is 0.252. The van der Waals surface area contributed by atoms with E-state index in [1.54, 1.807) is 30.9 Å². The lowest BCUT2D eigenvalue weighted by Gasteiger charge is -2.09. The molecule has 2 heterocycles. The van der Waals surface area contributed by atoms with Crippen LogP contribution in [0.4, 0.5) is 10.5 Å². The molecule has 7 heteroatoms. The highest BCUT2D eigenvalue weighted by molar-refractivity contribution is 5.89. The molecule has 0 bridgehead atoms. The summed E-state index contributed by atoms with van der Waals surface area (Å²) in [6.45, 7) is 1.38. The Bertz CT molecular complexity index is 790. The number of benzene rings is 1. The van der Waals surface area contributed by atoms with Crippen molar-refractivity contribution in [2.45, 2.75) is 13.0 Å². The number of para-hydroxylation sites is 1. The molecular weight excluding hydrogens is 318 g/mol. The van der Waals surface area contributed by atoms with Gasteiger partial charge in [-0.3, -0.25) is 0 Å². The Morgan fingerprint density at radius 2 is 2.04 bits per heavy atom. The molecule has 0 fully saturated rings. The summed E-state index contributed by atoms with van der Waals surface area (Å²) in [7, 11) is 0. The third-order valence-electron chi connectivity index (χ3n) is 3.40. The fourth-order valence-electron chi connectivity index (χ4n) is 2.21. The number of nitrogens with one attached hydrogen (secondary N) is 2. The van der Waals surface area contributed by atoms with Gasteiger partial charge in [0.05, 0.1) is 6.33 Å². The summed E-state index contributed by atoms with van der Waals surface area (Å²) in [5, 5.41) is 5.59. The quantitative estimate of drug-likeness (QED) is 0.648. The van der Waals surface area contributed by atoms with Crippen molar-refractivity contribution in [2.75, 3.05) is 11.9 Å². The SMILES string of the molecule is O=C(NCCCn1ccnc1)Nc1ccnc(Oc2ccccc2)c1. The Balaban J connectivity index is 1.45. The first-order valence-corrected chi connectivity index (χ1v) is 7.99. The minimum absolute atomic E-state index is 0.262. The van der Waals surface area contributed by atoms with Crippen molar-refractivity contribution in [3.63, 3.8) is 0 Å². The maximum atomic E-state index is 11.9. The van der Waals surface area contributed by atoms with E-state index in [-0.39, 0.29) is 6.03 Å². The van der Waals surface area contributed by atoms with Crippen LogP contribution >= 0.6 is 0 Å². The summed E-state index contributed by atoms with van der Waals surface area (Å²) >= 11 is 0. The van der Waals surface area contributed by atoms with Crippen molar-refractivity contribution >= 4 is 11.7 Å². The highest BCUT2D eigenvalue weighted by Gasteiger charge is 2.04. The number of imidazole rings is 1. The normalized spacial score (nSPS) is 10.2. The number of hydrogen-bond donors (Lipinski definition) is 2. The molecule has 0 atom stereocenters. The van der Waals surface area contributed by atoms with Gasteiger partial charge in [-0.25, -0.2) is 14.8 Å². The molecule has 3 aromatic rings. The molecule has 0 spiro atoms. The molecule has 0 aliphatic heterocycles. The van der Waals surface area contributed by atoms with Crippen LogP contribution in [0.2, 0.25) is 0 Å². The molecule has 0 aliphatic carbocycles. The van der Waals surface area contributed by atoms with Crippen LogP contribution in [0.3, 0.4) is 0 Å². The summed E-state index contributed by atoms with van der Waals surface area (Å²) in [5.74, 6) is 1.11. The van der Waals surface area contributed by atoms with Crippen molar-refractivity contribution in [3.05, 3.63) is 67.4 Å². The molecule has 0 radical (unpaired) electrons. The van der Waals surface area contributed by atoms with E-state index in [2.05, 4.69) is 20.6 Å². The van der Waals surface area contributed by atoms with E-state index in [0.29, 0.717) is 23.9 Å². The molecule has 2 aromatic heterocycles. The van der Waals surface area contributed by atoms with Crippen LogP contribution < -0.4 is 15.4 Å². The van der Waals surface area contributed by atoms with Gasteiger partial charge >= 0.3 is 6.03 Å². The molecule has 0 unspecified atom stereocenters. The zero-order valence-corrected chi connectivity index (χ0v) is 13.6. The number of hydrogen-bond acceptors (Lipinski definition) is 4. The molecule has 1 aromatic carbocycles. The minimum atomic E-state index is -0.262. The first kappa shape index (κ1) is 16.5. The van der Waals surface area contributed by atoms with Gasteiger partial charge in [-0.05, 0) is 24.6 Å². The smallest absolute Gasteiger partial charge is 0.319 e. The van der Waals surface area contributed by atoms with Crippen LogP contribution in [0.25, 0.3) is 0 Å². The number of carbonyl (C=O) groups excluding carboxylic acids is 1. The number of aromatic nitrogens is 3. The van der Waals surface area contributed by atoms with Crippen molar-refractivity contribution in [1.29, 1.82) is 0 Å². The van der Waals surface area contributed by atoms with E-state index in [4.69, 9.17) is 4.74 Å². The zero-order chi connectivity index (χ0) is 17.3. The number of amides is 2. The van der Waals surface area contributed by atoms with Crippen LogP contribution in [0.15, 0.2) is 67.4 Å². The van der Waals surface area contributed by atoms with Crippen molar-refractivity contribution < 1.29 is 9.53 Å². The third kappa shape index (κ3) is 5.35. The number of pyridine rings is 1. The monoisotopic (exact) mass is 337 g/mol. The first-order valence-electron chi connectivity index (χ1n) is 7.99. The zero-order valence-electron chi connectivity index (χ0n) is 13.6. The predicted octanol–water partition coefficient (Wildman–Crippen LogP) is 3.28. The maximum Gasteiger partial charge on any atom is 0.319 e. The Morgan fingerprint density at radius 3 is 2.84 bits per heavy atom. The number of ether oxygens (including phenoxy) is 1. The number of nitrogens with zero attached hydrogens (tertiary/aromatic N) is 3. The lowest BCUT2D eigenvalue weighted by atomic mass is 10.3. The fourth-order valence-corrected chi connectivity index (χ4v) is 2.21. The van der Waals surface area contributed by atoms with Crippen LogP contribution in [-0.4, -0.2) is 27.1 Å². The van der Waals surface area contributed by atoms with E-state index in [1.165, 1.54) is 0 Å². The van der Waals surface area contributed by atoms with E-state index in [0.717, 1.165) is 13.0 Å². The Morgan fingerprint density at radius 1 is 1.16 bits per heavy atom. The minimum Gasteiger partial charge on any atom is -0.439 e. The van der Waals surface area contributed by atoms with Gasteiger partial charge in [-0.1, -0.05) is 18.2 Å². The molecule has 7 nitrogen and oxygen atoms in total. The number of rotatable bonds is 7. The highest BCUT2D eigenvalue weighted by Crippen LogP contribution is 2.21. The van der Waals surface area contributed by atoms with Gasteiger partial charge in [0.15, 0.2) is 0 Å². The van der Waals surface area contributed by atoms with Gasteiger partial charge in [0.2, 0.25) is 5.88 Å². The second kappa shape index (κ2) is 8.49. The number of aryl methyl sites for hydroxylation is 1. The third-order valence-corrected chi connectivity index (χ3v) is 3.40. The summed E-state index contributed by atoms with van der Waals surface area (Å²) in [6, 6.07) is 12.5. The van der Waals surface area contributed by atoms with Gasteiger partial charge in [0.1, 0.15) is 5.75 Å². The fraction of sp³-hybridized carbons (Fsp3) is 0.167. The molecule has 2 N–H and O–H groups in total. The summed E-state index contributed by atoms with van der Waals surface area (Å²) in [6.07, 6.45) is 7.80. The van der Waals surface area contributed by atoms with Crippen molar-refractivity contribution in [1.82, 2.24) is 19.9 Å². The Hall–Kier alpha value is -3.35. The Labute approximate surface area is 145 Å². The largest absolute Gasteiger partial charge is 0.439 e. The molecule has 3 rings (SSSR count). The Kier molecular flexibility index (Phi) is 5.60. The number of carbonyl (C=O) groups is 1. The van der Waals surface area contributed by atoms with E-state index in [9.17, 15) is 4.79 Å². The van der Waals surface area contributed by atoms with Crippen LogP contribution in [0.5, 0.6) is 11.6 Å². The second-order valence-corrected chi connectivity index (χ2v) is 5.33. The molecule has 0 saturated heterocycles. The van der Waals surface area contributed by atoms with Gasteiger partial charge in [0.25, 0.3) is 0 Å². The van der Waals surface area contributed by atoms with E-state index in [1.807, 2.05) is 41.1 Å². The van der Waals surface area contributed by atoms with E-state index >= 15 is 0 Å². The molecule has 0 saturated carbocycles. The topological polar surface area (TPSA) is 81.1 Å². The van der Waals surface area contributed by atoms with Crippen LogP contribution in [0, 0.1) is 0 Å². The summed E-state index contributed by atoms with van der Waals surface area (Å²) in [5.41, 5.74) is 0.619.